The highest BCUT2D eigenvalue weighted by molar-refractivity contribution is 5.96. The molecule has 21 heavy (non-hydrogen) atoms. The minimum atomic E-state index is -0.207. The first-order valence-corrected chi connectivity index (χ1v) is 7.69. The summed E-state index contributed by atoms with van der Waals surface area (Å²) in [5, 5.41) is 0. The van der Waals surface area contributed by atoms with Crippen LogP contribution in [0.1, 0.15) is 30.1 Å². The third kappa shape index (κ3) is 3.00. The lowest BCUT2D eigenvalue weighted by atomic mass is 9.83. The summed E-state index contributed by atoms with van der Waals surface area (Å²) in [6.45, 7) is 4.84. The molecule has 4 nitrogen and oxygen atoms in total. The Morgan fingerprint density at radius 1 is 1.19 bits per heavy atom. The standard InChI is InChI=1S/C17H22NO3/c1-13(19)21-17-12-18(9-7-15(17)8-10-18)11-16(20)14-5-3-2-4-6-14/h2-6,15,17H,7-12H2,1H3/q+1. The minimum Gasteiger partial charge on any atom is -0.456 e. The van der Waals surface area contributed by atoms with E-state index < -0.39 is 0 Å². The number of rotatable bonds is 4. The van der Waals surface area contributed by atoms with Crippen LogP contribution in [0.3, 0.4) is 0 Å². The lowest BCUT2D eigenvalue weighted by Crippen LogP contribution is -2.65. The number of esters is 1. The van der Waals surface area contributed by atoms with E-state index in [1.165, 1.54) is 6.92 Å². The summed E-state index contributed by atoms with van der Waals surface area (Å²) in [5.74, 6) is 0.472. The third-order valence-corrected chi connectivity index (χ3v) is 4.93. The smallest absolute Gasteiger partial charge is 0.303 e. The van der Waals surface area contributed by atoms with Crippen molar-refractivity contribution in [2.75, 3.05) is 26.2 Å². The van der Waals surface area contributed by atoms with Crippen molar-refractivity contribution in [3.8, 4) is 0 Å². The summed E-state index contributed by atoms with van der Waals surface area (Å²) in [6.07, 6.45) is 2.11. The van der Waals surface area contributed by atoms with Crippen molar-refractivity contribution in [1.29, 1.82) is 0 Å². The van der Waals surface area contributed by atoms with Crippen molar-refractivity contribution in [2.24, 2.45) is 5.92 Å². The molecule has 1 aromatic carbocycles. The van der Waals surface area contributed by atoms with E-state index in [0.29, 0.717) is 12.5 Å². The average Bonchev–Trinajstić information content (AvgIpc) is 2.48. The van der Waals surface area contributed by atoms with Crippen molar-refractivity contribution in [2.45, 2.75) is 25.9 Å². The molecule has 3 aliphatic rings. The second kappa shape index (κ2) is 5.60. The van der Waals surface area contributed by atoms with Gasteiger partial charge in [-0.25, -0.2) is 0 Å². The number of Topliss-reactive ketones (excluding diaryl/α,β-unsaturated/α-hetero) is 1. The predicted molar refractivity (Wildman–Crippen MR) is 78.8 cm³/mol. The number of ketones is 1. The molecule has 4 heteroatoms. The van der Waals surface area contributed by atoms with Gasteiger partial charge >= 0.3 is 5.97 Å². The number of benzene rings is 1. The van der Waals surface area contributed by atoms with Gasteiger partial charge in [0.15, 0.2) is 6.10 Å². The summed E-state index contributed by atoms with van der Waals surface area (Å²) in [6, 6.07) is 9.48. The van der Waals surface area contributed by atoms with Crippen LogP contribution in [0.15, 0.2) is 30.3 Å². The summed E-state index contributed by atoms with van der Waals surface area (Å²) in [7, 11) is 0. The van der Waals surface area contributed by atoms with Gasteiger partial charge in [-0.2, -0.15) is 0 Å². The zero-order valence-corrected chi connectivity index (χ0v) is 12.5. The van der Waals surface area contributed by atoms with Gasteiger partial charge in [-0.15, -0.1) is 0 Å². The number of quaternary nitrogens is 1. The molecule has 0 spiro atoms. The molecule has 0 amide bonds. The Morgan fingerprint density at radius 3 is 2.48 bits per heavy atom. The van der Waals surface area contributed by atoms with Crippen molar-refractivity contribution in [1.82, 2.24) is 0 Å². The second-order valence-corrected chi connectivity index (χ2v) is 6.40. The van der Waals surface area contributed by atoms with Crippen LogP contribution >= 0.6 is 0 Å². The van der Waals surface area contributed by atoms with E-state index in [9.17, 15) is 9.59 Å². The Bertz CT molecular complexity index is 532. The molecular formula is C17H22NO3+. The number of ether oxygens (including phenoxy) is 1. The van der Waals surface area contributed by atoms with Crippen molar-refractivity contribution >= 4 is 11.8 Å². The van der Waals surface area contributed by atoms with Crippen LogP contribution in [0.2, 0.25) is 0 Å². The van der Waals surface area contributed by atoms with Crippen molar-refractivity contribution in [3.63, 3.8) is 0 Å². The van der Waals surface area contributed by atoms with E-state index in [1.807, 2.05) is 30.3 Å². The number of carbonyl (C=O) groups excluding carboxylic acids is 2. The number of hydrogen-bond donors (Lipinski definition) is 0. The van der Waals surface area contributed by atoms with E-state index in [2.05, 4.69) is 0 Å². The van der Waals surface area contributed by atoms with Crippen molar-refractivity contribution in [3.05, 3.63) is 35.9 Å². The first-order chi connectivity index (χ1) is 10.1. The highest BCUT2D eigenvalue weighted by Gasteiger charge is 2.48. The molecule has 3 saturated heterocycles. The van der Waals surface area contributed by atoms with Gasteiger partial charge in [0, 0.05) is 31.2 Å². The highest BCUT2D eigenvalue weighted by atomic mass is 16.5. The Morgan fingerprint density at radius 2 is 1.86 bits per heavy atom. The molecule has 3 fully saturated rings. The van der Waals surface area contributed by atoms with Crippen LogP contribution in [-0.2, 0) is 9.53 Å². The molecule has 0 radical (unpaired) electrons. The van der Waals surface area contributed by atoms with Crippen LogP contribution in [0.25, 0.3) is 0 Å². The number of hydrogen-bond acceptors (Lipinski definition) is 3. The van der Waals surface area contributed by atoms with E-state index in [-0.39, 0.29) is 17.9 Å². The van der Waals surface area contributed by atoms with Crippen LogP contribution in [0, 0.1) is 5.92 Å². The first-order valence-electron chi connectivity index (χ1n) is 7.69. The molecule has 1 aromatic rings. The Kier molecular flexibility index (Phi) is 3.81. The third-order valence-electron chi connectivity index (χ3n) is 4.93. The zero-order chi connectivity index (χ0) is 14.9. The fourth-order valence-corrected chi connectivity index (χ4v) is 3.81. The molecule has 3 aliphatic heterocycles. The number of piperidine rings is 3. The predicted octanol–water partition coefficient (Wildman–Crippen LogP) is 2.04. The van der Waals surface area contributed by atoms with Crippen molar-refractivity contribution < 1.29 is 18.8 Å². The minimum absolute atomic E-state index is 0.00595. The Labute approximate surface area is 125 Å². The topological polar surface area (TPSA) is 43.4 Å². The molecule has 4 rings (SSSR count). The second-order valence-electron chi connectivity index (χ2n) is 6.40. The molecule has 0 aliphatic carbocycles. The number of fused-ring (bicyclic) bond motifs is 3. The van der Waals surface area contributed by atoms with Gasteiger partial charge in [-0.05, 0) is 0 Å². The quantitative estimate of drug-likeness (QED) is 0.484. The monoisotopic (exact) mass is 288 g/mol. The molecule has 2 bridgehead atoms. The normalized spacial score (nSPS) is 30.9. The summed E-state index contributed by atoms with van der Waals surface area (Å²) in [4.78, 5) is 23.7. The Hall–Kier alpha value is -1.68. The summed E-state index contributed by atoms with van der Waals surface area (Å²) >= 11 is 0. The van der Waals surface area contributed by atoms with Gasteiger partial charge in [0.1, 0.15) is 13.1 Å². The molecule has 3 heterocycles. The largest absolute Gasteiger partial charge is 0.456 e. The maximum absolute atomic E-state index is 12.5. The number of carbonyl (C=O) groups is 2. The summed E-state index contributed by atoms with van der Waals surface area (Å²) in [5.41, 5.74) is 0.779. The van der Waals surface area contributed by atoms with Crippen LogP contribution in [-0.4, -0.2) is 48.5 Å². The summed E-state index contributed by atoms with van der Waals surface area (Å²) < 4.78 is 6.25. The SMILES string of the molecule is CC(=O)OC1C[N+]2(CC(=O)c3ccccc3)CCC1CC2. The molecule has 1 unspecified atom stereocenters. The number of nitrogens with zero attached hydrogens (tertiary/aromatic N) is 1. The zero-order valence-electron chi connectivity index (χ0n) is 12.5. The lowest BCUT2D eigenvalue weighted by Gasteiger charge is -2.51. The van der Waals surface area contributed by atoms with Crippen LogP contribution in [0.4, 0.5) is 0 Å². The van der Waals surface area contributed by atoms with Crippen LogP contribution < -0.4 is 0 Å². The van der Waals surface area contributed by atoms with Gasteiger partial charge in [-0.3, -0.25) is 9.59 Å². The maximum atomic E-state index is 12.5. The molecule has 1 atom stereocenters. The molecule has 0 aromatic heterocycles. The van der Waals surface area contributed by atoms with E-state index in [0.717, 1.165) is 42.5 Å². The van der Waals surface area contributed by atoms with E-state index >= 15 is 0 Å². The lowest BCUT2D eigenvalue weighted by molar-refractivity contribution is -0.938. The van der Waals surface area contributed by atoms with Gasteiger partial charge in [-0.1, -0.05) is 30.3 Å². The van der Waals surface area contributed by atoms with Gasteiger partial charge in [0.05, 0.1) is 13.1 Å². The van der Waals surface area contributed by atoms with Gasteiger partial charge in [0.25, 0.3) is 0 Å². The van der Waals surface area contributed by atoms with Gasteiger partial charge < -0.3 is 9.22 Å². The molecule has 0 saturated carbocycles. The maximum Gasteiger partial charge on any atom is 0.303 e. The first kappa shape index (κ1) is 14.3. The Balaban J connectivity index is 1.72. The van der Waals surface area contributed by atoms with Gasteiger partial charge in [0.2, 0.25) is 5.78 Å². The van der Waals surface area contributed by atoms with E-state index in [4.69, 9.17) is 4.74 Å². The van der Waals surface area contributed by atoms with E-state index in [1.54, 1.807) is 0 Å². The highest BCUT2D eigenvalue weighted by Crippen LogP contribution is 2.35. The average molecular weight is 288 g/mol. The van der Waals surface area contributed by atoms with Crippen LogP contribution in [0.5, 0.6) is 0 Å². The molecular weight excluding hydrogens is 266 g/mol. The fourth-order valence-electron chi connectivity index (χ4n) is 3.81. The molecule has 112 valence electrons. The fraction of sp³-hybridized carbons (Fsp3) is 0.529. The molecule has 0 N–H and O–H groups in total.